The number of piperidine rings is 1. The van der Waals surface area contributed by atoms with E-state index in [0.29, 0.717) is 16.8 Å². The molecule has 1 saturated heterocycles. The van der Waals surface area contributed by atoms with E-state index in [9.17, 15) is 14.4 Å². The third-order valence-electron chi connectivity index (χ3n) is 6.22. The Morgan fingerprint density at radius 2 is 2.00 bits per heavy atom. The number of esters is 1. The number of ether oxygens (including phenoxy) is 2. The van der Waals surface area contributed by atoms with Crippen LogP contribution in [-0.4, -0.2) is 52.1 Å². The summed E-state index contributed by atoms with van der Waals surface area (Å²) in [5, 5.41) is 0. The van der Waals surface area contributed by atoms with Crippen molar-refractivity contribution < 1.29 is 19.1 Å². The molecule has 1 amide bonds. The third kappa shape index (κ3) is 4.99. The first-order chi connectivity index (χ1) is 16.4. The number of aromatic nitrogens is 2. The molecule has 0 spiro atoms. The van der Waals surface area contributed by atoms with Gasteiger partial charge < -0.3 is 14.4 Å². The quantitative estimate of drug-likeness (QED) is 0.474. The van der Waals surface area contributed by atoms with Crippen LogP contribution in [0.1, 0.15) is 39.5 Å². The Labute approximate surface area is 202 Å². The molecule has 1 aromatic carbocycles. The summed E-state index contributed by atoms with van der Waals surface area (Å²) in [7, 11) is 1.61. The lowest BCUT2D eigenvalue weighted by Gasteiger charge is -2.36. The summed E-state index contributed by atoms with van der Waals surface area (Å²) in [6.45, 7) is 4.04. The van der Waals surface area contributed by atoms with Crippen molar-refractivity contribution in [2.45, 2.75) is 58.2 Å². The lowest BCUT2D eigenvalue weighted by molar-refractivity contribution is -0.161. The molecule has 2 aromatic heterocycles. The molecule has 8 nitrogen and oxygen atoms in total. The van der Waals surface area contributed by atoms with Crippen LogP contribution in [0.2, 0.25) is 0 Å². The normalized spacial score (nSPS) is 16.9. The number of fused-ring (bicyclic) bond motifs is 1. The Kier molecular flexibility index (Phi) is 7.31. The highest BCUT2D eigenvalue weighted by Crippen LogP contribution is 2.31. The Balaban J connectivity index is 1.46. The summed E-state index contributed by atoms with van der Waals surface area (Å²) in [5.41, 5.74) is 1.21. The van der Waals surface area contributed by atoms with Crippen molar-refractivity contribution in [1.82, 2.24) is 14.5 Å². The number of likely N-dealkylation sites (tertiary alicyclic amines) is 1. The zero-order valence-corrected chi connectivity index (χ0v) is 20.5. The zero-order chi connectivity index (χ0) is 24.2. The van der Waals surface area contributed by atoms with Crippen LogP contribution >= 0.6 is 11.3 Å². The first kappa shape index (κ1) is 23.9. The summed E-state index contributed by atoms with van der Waals surface area (Å²) < 4.78 is 12.3. The van der Waals surface area contributed by atoms with Gasteiger partial charge in [-0.15, -0.1) is 11.3 Å². The van der Waals surface area contributed by atoms with Gasteiger partial charge in [-0.2, -0.15) is 0 Å². The average Bonchev–Trinajstić information content (AvgIpc) is 3.30. The summed E-state index contributed by atoms with van der Waals surface area (Å²) in [5.74, 6) is -0.0635. The predicted octanol–water partition coefficient (Wildman–Crippen LogP) is 3.86. The van der Waals surface area contributed by atoms with E-state index < -0.39 is 12.1 Å². The van der Waals surface area contributed by atoms with Gasteiger partial charge in [-0.05, 0) is 68.5 Å². The molecule has 1 fully saturated rings. The molecule has 0 bridgehead atoms. The second kappa shape index (κ2) is 10.4. The zero-order valence-electron chi connectivity index (χ0n) is 19.7. The molecule has 3 heterocycles. The molecule has 1 aliphatic heterocycles. The summed E-state index contributed by atoms with van der Waals surface area (Å²) >= 11 is 1.32. The fourth-order valence-electron chi connectivity index (χ4n) is 4.33. The van der Waals surface area contributed by atoms with Crippen molar-refractivity contribution in [3.8, 4) is 16.2 Å². The number of amides is 1. The van der Waals surface area contributed by atoms with Gasteiger partial charge in [0.25, 0.3) is 11.5 Å². The lowest BCUT2D eigenvalue weighted by atomic mass is 9.99. The van der Waals surface area contributed by atoms with Crippen LogP contribution in [0.3, 0.4) is 0 Å². The fourth-order valence-corrected chi connectivity index (χ4v) is 5.39. The Morgan fingerprint density at radius 1 is 1.24 bits per heavy atom. The maximum Gasteiger partial charge on any atom is 0.326 e. The number of hydrogen-bond donors (Lipinski definition) is 0. The maximum atomic E-state index is 13.0. The van der Waals surface area contributed by atoms with E-state index >= 15 is 0 Å². The predicted molar refractivity (Wildman–Crippen MR) is 131 cm³/mol. The minimum Gasteiger partial charge on any atom is -0.497 e. The van der Waals surface area contributed by atoms with E-state index in [1.54, 1.807) is 14.0 Å². The van der Waals surface area contributed by atoms with E-state index in [1.807, 2.05) is 35.2 Å². The highest BCUT2D eigenvalue weighted by atomic mass is 32.1. The van der Waals surface area contributed by atoms with Crippen LogP contribution in [0.4, 0.5) is 0 Å². The van der Waals surface area contributed by atoms with Crippen LogP contribution in [0.25, 0.3) is 20.7 Å². The molecule has 2 unspecified atom stereocenters. The highest BCUT2D eigenvalue weighted by Gasteiger charge is 2.30. The summed E-state index contributed by atoms with van der Waals surface area (Å²) in [4.78, 5) is 45.4. The number of benzene rings is 1. The van der Waals surface area contributed by atoms with Gasteiger partial charge in [-0.3, -0.25) is 19.0 Å². The van der Waals surface area contributed by atoms with Gasteiger partial charge in [-0.25, -0.2) is 4.98 Å². The van der Waals surface area contributed by atoms with Gasteiger partial charge >= 0.3 is 5.97 Å². The van der Waals surface area contributed by atoms with Crippen molar-refractivity contribution >= 4 is 33.4 Å². The van der Waals surface area contributed by atoms with E-state index in [-0.39, 0.29) is 24.1 Å². The Morgan fingerprint density at radius 3 is 2.71 bits per heavy atom. The standard InChI is InChI=1S/C25H29N3O5S/c1-4-18-7-5-6-12-28(18)24(30)16(2)33-22(29)14-27-15-26-20-13-21(34-23(20)25(27)31)17-8-10-19(32-3)11-9-17/h8-11,13,15-16,18H,4-7,12,14H2,1-3H3. The highest BCUT2D eigenvalue weighted by molar-refractivity contribution is 7.22. The van der Waals surface area contributed by atoms with Crippen LogP contribution in [-0.2, 0) is 20.9 Å². The molecular weight excluding hydrogens is 454 g/mol. The Bertz CT molecular complexity index is 1230. The molecule has 4 rings (SSSR count). The maximum absolute atomic E-state index is 13.0. The number of hydrogen-bond acceptors (Lipinski definition) is 7. The molecule has 1 aliphatic rings. The van der Waals surface area contributed by atoms with E-state index in [4.69, 9.17) is 9.47 Å². The minimum atomic E-state index is -0.893. The molecule has 0 aliphatic carbocycles. The molecular formula is C25H29N3O5S. The van der Waals surface area contributed by atoms with Crippen molar-refractivity contribution in [3.05, 3.63) is 47.0 Å². The molecule has 34 heavy (non-hydrogen) atoms. The van der Waals surface area contributed by atoms with E-state index in [0.717, 1.165) is 41.9 Å². The van der Waals surface area contributed by atoms with E-state index in [1.165, 1.54) is 22.2 Å². The van der Waals surface area contributed by atoms with Gasteiger partial charge in [0, 0.05) is 17.5 Å². The van der Waals surface area contributed by atoms with Gasteiger partial charge in [0.15, 0.2) is 6.10 Å². The van der Waals surface area contributed by atoms with Crippen molar-refractivity contribution in [3.63, 3.8) is 0 Å². The van der Waals surface area contributed by atoms with Crippen LogP contribution in [0, 0.1) is 0 Å². The molecule has 0 saturated carbocycles. The van der Waals surface area contributed by atoms with Gasteiger partial charge in [-0.1, -0.05) is 6.92 Å². The minimum absolute atomic E-state index is 0.178. The molecule has 9 heteroatoms. The number of thiophene rings is 1. The third-order valence-corrected chi connectivity index (χ3v) is 7.38. The summed E-state index contributed by atoms with van der Waals surface area (Å²) in [6.07, 6.45) is 4.38. The van der Waals surface area contributed by atoms with Crippen molar-refractivity contribution in [1.29, 1.82) is 0 Å². The monoisotopic (exact) mass is 483 g/mol. The summed E-state index contributed by atoms with van der Waals surface area (Å²) in [6, 6.07) is 9.60. The smallest absolute Gasteiger partial charge is 0.326 e. The van der Waals surface area contributed by atoms with Crippen LogP contribution in [0.5, 0.6) is 5.75 Å². The number of methoxy groups -OCH3 is 1. The van der Waals surface area contributed by atoms with Crippen LogP contribution in [0.15, 0.2) is 41.5 Å². The second-order valence-corrected chi connectivity index (χ2v) is 9.50. The number of nitrogens with zero attached hydrogens (tertiary/aromatic N) is 3. The van der Waals surface area contributed by atoms with Gasteiger partial charge in [0.05, 0.1) is 19.0 Å². The van der Waals surface area contributed by atoms with Crippen molar-refractivity contribution in [2.24, 2.45) is 0 Å². The largest absolute Gasteiger partial charge is 0.497 e. The molecule has 3 aromatic rings. The molecule has 2 atom stereocenters. The topological polar surface area (TPSA) is 90.7 Å². The van der Waals surface area contributed by atoms with Gasteiger partial charge in [0.2, 0.25) is 0 Å². The average molecular weight is 484 g/mol. The lowest BCUT2D eigenvalue weighted by Crippen LogP contribution is -2.48. The number of carbonyl (C=O) groups excluding carboxylic acids is 2. The first-order valence-electron chi connectivity index (χ1n) is 11.5. The van der Waals surface area contributed by atoms with Crippen LogP contribution < -0.4 is 10.3 Å². The first-order valence-corrected chi connectivity index (χ1v) is 12.4. The number of rotatable bonds is 7. The van der Waals surface area contributed by atoms with Crippen molar-refractivity contribution in [2.75, 3.05) is 13.7 Å². The number of carbonyl (C=O) groups is 2. The fraction of sp³-hybridized carbons (Fsp3) is 0.440. The molecule has 180 valence electrons. The van der Waals surface area contributed by atoms with E-state index in [2.05, 4.69) is 11.9 Å². The Hall–Kier alpha value is -3.20. The molecule has 0 N–H and O–H groups in total. The second-order valence-electron chi connectivity index (χ2n) is 8.45. The van der Waals surface area contributed by atoms with Gasteiger partial charge in [0.1, 0.15) is 17.0 Å². The SMILES string of the molecule is CCC1CCCCN1C(=O)C(C)OC(=O)Cn1cnc2cc(-c3ccc(OC)cc3)sc2c1=O. The molecule has 0 radical (unpaired) electrons.